The van der Waals surface area contributed by atoms with Crippen LogP contribution in [0.4, 0.5) is 17.6 Å². The Bertz CT molecular complexity index is 901. The summed E-state index contributed by atoms with van der Waals surface area (Å²) in [5.41, 5.74) is 0.186. The standard InChI is InChI=1S/C17H15F4NO2S2/c18-11-1-2-16(21)15(10-11)17-3-4-22(5-6-25-17)26(23,24)14-8-12(19)7-13(20)9-14/h1-2,7-10,17H,3-6H2. The molecule has 3 nitrogen and oxygen atoms in total. The van der Waals surface area contributed by atoms with Crippen LogP contribution in [0.15, 0.2) is 41.3 Å². The van der Waals surface area contributed by atoms with Crippen molar-refractivity contribution in [1.82, 2.24) is 4.31 Å². The molecule has 0 saturated carbocycles. The zero-order valence-electron chi connectivity index (χ0n) is 13.5. The van der Waals surface area contributed by atoms with Crippen LogP contribution in [0, 0.1) is 23.3 Å². The van der Waals surface area contributed by atoms with Crippen molar-refractivity contribution in [3.05, 3.63) is 65.2 Å². The normalized spacial score (nSPS) is 19.3. The first-order valence-corrected chi connectivity index (χ1v) is 10.3. The van der Waals surface area contributed by atoms with E-state index in [9.17, 15) is 26.0 Å². The van der Waals surface area contributed by atoms with Gasteiger partial charge in [0, 0.05) is 35.7 Å². The van der Waals surface area contributed by atoms with Crippen LogP contribution in [0.25, 0.3) is 0 Å². The van der Waals surface area contributed by atoms with Gasteiger partial charge in [0.25, 0.3) is 0 Å². The number of sulfonamides is 1. The molecule has 0 amide bonds. The Morgan fingerprint density at radius 1 is 0.923 bits per heavy atom. The van der Waals surface area contributed by atoms with E-state index in [1.165, 1.54) is 11.8 Å². The highest BCUT2D eigenvalue weighted by molar-refractivity contribution is 7.99. The molecule has 0 bridgehead atoms. The smallest absolute Gasteiger partial charge is 0.207 e. The van der Waals surface area contributed by atoms with Crippen LogP contribution in [-0.2, 0) is 10.0 Å². The van der Waals surface area contributed by atoms with E-state index in [1.54, 1.807) is 0 Å². The minimum atomic E-state index is -4.08. The van der Waals surface area contributed by atoms with Crippen molar-refractivity contribution in [2.45, 2.75) is 16.6 Å². The molecule has 1 fully saturated rings. The lowest BCUT2D eigenvalue weighted by Gasteiger charge is -2.20. The third-order valence-corrected chi connectivity index (χ3v) is 7.27. The molecule has 1 aliphatic heterocycles. The molecule has 1 unspecified atom stereocenters. The molecule has 0 radical (unpaired) electrons. The molecule has 0 aromatic heterocycles. The van der Waals surface area contributed by atoms with Gasteiger partial charge in [-0.25, -0.2) is 26.0 Å². The van der Waals surface area contributed by atoms with Crippen LogP contribution in [-0.4, -0.2) is 31.6 Å². The van der Waals surface area contributed by atoms with Crippen LogP contribution in [0.3, 0.4) is 0 Å². The van der Waals surface area contributed by atoms with Crippen molar-refractivity contribution in [3.8, 4) is 0 Å². The number of rotatable bonds is 3. The number of benzene rings is 2. The largest absolute Gasteiger partial charge is 0.243 e. The summed E-state index contributed by atoms with van der Waals surface area (Å²) < 4.78 is 80.6. The van der Waals surface area contributed by atoms with Gasteiger partial charge in [-0.3, -0.25) is 0 Å². The average Bonchev–Trinajstić information content (AvgIpc) is 2.82. The minimum absolute atomic E-state index is 0.0358. The summed E-state index contributed by atoms with van der Waals surface area (Å²) in [4.78, 5) is -0.463. The van der Waals surface area contributed by atoms with E-state index in [4.69, 9.17) is 0 Å². The van der Waals surface area contributed by atoms with Gasteiger partial charge < -0.3 is 0 Å². The molecule has 1 atom stereocenters. The van der Waals surface area contributed by atoms with E-state index >= 15 is 0 Å². The second kappa shape index (κ2) is 7.58. The van der Waals surface area contributed by atoms with Gasteiger partial charge in [0.15, 0.2) is 0 Å². The lowest BCUT2D eigenvalue weighted by atomic mass is 10.1. The van der Waals surface area contributed by atoms with Crippen molar-refractivity contribution in [3.63, 3.8) is 0 Å². The van der Waals surface area contributed by atoms with Gasteiger partial charge >= 0.3 is 0 Å². The summed E-state index contributed by atoms with van der Waals surface area (Å²) >= 11 is 1.32. The summed E-state index contributed by atoms with van der Waals surface area (Å²) in [6.45, 7) is 0.145. The molecule has 1 saturated heterocycles. The maximum absolute atomic E-state index is 14.0. The number of nitrogens with zero attached hydrogens (tertiary/aromatic N) is 1. The molecule has 26 heavy (non-hydrogen) atoms. The Kier molecular flexibility index (Phi) is 5.59. The Labute approximate surface area is 153 Å². The highest BCUT2D eigenvalue weighted by Gasteiger charge is 2.30. The van der Waals surface area contributed by atoms with Crippen LogP contribution in [0.1, 0.15) is 17.2 Å². The van der Waals surface area contributed by atoms with Crippen molar-refractivity contribution in [2.75, 3.05) is 18.8 Å². The minimum Gasteiger partial charge on any atom is -0.207 e. The van der Waals surface area contributed by atoms with Crippen LogP contribution in [0.2, 0.25) is 0 Å². The van der Waals surface area contributed by atoms with Crippen LogP contribution < -0.4 is 0 Å². The van der Waals surface area contributed by atoms with Crippen molar-refractivity contribution < 1.29 is 26.0 Å². The Balaban J connectivity index is 1.83. The molecule has 3 rings (SSSR count). The van der Waals surface area contributed by atoms with Gasteiger partial charge in [-0.1, -0.05) is 0 Å². The Morgan fingerprint density at radius 3 is 2.31 bits per heavy atom. The SMILES string of the molecule is O=S(=O)(c1cc(F)cc(F)c1)N1CCSC(c2cc(F)ccc2F)CC1. The van der Waals surface area contributed by atoms with Gasteiger partial charge in [0.2, 0.25) is 10.0 Å². The fourth-order valence-corrected chi connectivity index (χ4v) is 5.68. The maximum Gasteiger partial charge on any atom is 0.243 e. The van der Waals surface area contributed by atoms with E-state index in [0.29, 0.717) is 11.8 Å². The molecular formula is C17H15F4NO2S2. The first-order chi connectivity index (χ1) is 12.3. The number of hydrogen-bond acceptors (Lipinski definition) is 3. The monoisotopic (exact) mass is 405 g/mol. The number of thioether (sulfide) groups is 1. The summed E-state index contributed by atoms with van der Waals surface area (Å²) in [5, 5.41) is -0.407. The fourth-order valence-electron chi connectivity index (χ4n) is 2.83. The molecule has 0 aliphatic carbocycles. The van der Waals surface area contributed by atoms with E-state index < -0.39 is 43.4 Å². The summed E-state index contributed by atoms with van der Waals surface area (Å²) in [5.74, 6) is -2.73. The maximum atomic E-state index is 14.0. The van der Waals surface area contributed by atoms with Crippen molar-refractivity contribution >= 4 is 21.8 Å². The van der Waals surface area contributed by atoms with Gasteiger partial charge in [-0.05, 0) is 36.8 Å². The topological polar surface area (TPSA) is 37.4 Å². The molecule has 2 aromatic carbocycles. The Hall–Kier alpha value is -1.58. The molecule has 1 aliphatic rings. The highest BCUT2D eigenvalue weighted by atomic mass is 32.2. The fraction of sp³-hybridized carbons (Fsp3) is 0.294. The third kappa shape index (κ3) is 4.05. The second-order valence-electron chi connectivity index (χ2n) is 5.82. The van der Waals surface area contributed by atoms with Gasteiger partial charge in [0.1, 0.15) is 23.3 Å². The highest BCUT2D eigenvalue weighted by Crippen LogP contribution is 2.37. The molecule has 140 valence electrons. The first kappa shape index (κ1) is 19.2. The van der Waals surface area contributed by atoms with E-state index in [1.807, 2.05) is 0 Å². The third-order valence-electron chi connectivity index (χ3n) is 4.08. The lowest BCUT2D eigenvalue weighted by molar-refractivity contribution is 0.425. The predicted octanol–water partition coefficient (Wildman–Crippen LogP) is 4.11. The Morgan fingerprint density at radius 2 is 1.62 bits per heavy atom. The van der Waals surface area contributed by atoms with Gasteiger partial charge in [-0.2, -0.15) is 16.1 Å². The first-order valence-electron chi connectivity index (χ1n) is 7.80. The summed E-state index contributed by atoms with van der Waals surface area (Å²) in [6.07, 6.45) is 0.252. The number of hydrogen-bond donors (Lipinski definition) is 0. The van der Waals surface area contributed by atoms with E-state index in [2.05, 4.69) is 0 Å². The molecule has 9 heteroatoms. The van der Waals surface area contributed by atoms with E-state index in [-0.39, 0.29) is 25.1 Å². The van der Waals surface area contributed by atoms with Crippen LogP contribution in [0.5, 0.6) is 0 Å². The molecular weight excluding hydrogens is 390 g/mol. The summed E-state index contributed by atoms with van der Waals surface area (Å²) in [6, 6.07) is 5.30. The molecule has 1 heterocycles. The summed E-state index contributed by atoms with van der Waals surface area (Å²) in [7, 11) is -4.08. The van der Waals surface area contributed by atoms with Crippen LogP contribution >= 0.6 is 11.8 Å². The molecule has 2 aromatic rings. The van der Waals surface area contributed by atoms with Crippen molar-refractivity contribution in [1.29, 1.82) is 0 Å². The van der Waals surface area contributed by atoms with Crippen molar-refractivity contribution in [2.24, 2.45) is 0 Å². The second-order valence-corrected chi connectivity index (χ2v) is 9.07. The zero-order valence-corrected chi connectivity index (χ0v) is 15.1. The quantitative estimate of drug-likeness (QED) is 0.722. The molecule has 0 N–H and O–H groups in total. The predicted molar refractivity (Wildman–Crippen MR) is 91.3 cm³/mol. The van der Waals surface area contributed by atoms with E-state index in [0.717, 1.165) is 34.6 Å². The molecule has 0 spiro atoms. The van der Waals surface area contributed by atoms with Gasteiger partial charge in [-0.15, -0.1) is 0 Å². The average molecular weight is 405 g/mol. The number of halogens is 4. The zero-order chi connectivity index (χ0) is 18.9. The van der Waals surface area contributed by atoms with Gasteiger partial charge in [0.05, 0.1) is 4.90 Å². The lowest BCUT2D eigenvalue weighted by Crippen LogP contribution is -2.33.